The minimum atomic E-state index is -0.577. The lowest BCUT2D eigenvalue weighted by molar-refractivity contribution is -0.0292. The number of rotatable bonds is 7. The molecular weight excluding hydrogens is 375 g/mol. The Morgan fingerprint density at radius 3 is 2.55 bits per heavy atom. The number of fused-ring (bicyclic) bond motifs is 1. The van der Waals surface area contributed by atoms with E-state index >= 15 is 0 Å². The molecule has 0 bridgehead atoms. The van der Waals surface area contributed by atoms with Gasteiger partial charge in [-0.25, -0.2) is 4.39 Å². The Hall–Kier alpha value is -2.35. The minimum absolute atomic E-state index is 0.179. The molecule has 0 spiro atoms. The van der Waals surface area contributed by atoms with Crippen LogP contribution in [0.5, 0.6) is 11.5 Å². The number of benzene rings is 2. The summed E-state index contributed by atoms with van der Waals surface area (Å²) in [5, 5.41) is 10.3. The molecule has 2 atom stereocenters. The maximum absolute atomic E-state index is 13.9. The van der Waals surface area contributed by atoms with Gasteiger partial charge < -0.3 is 24.2 Å². The van der Waals surface area contributed by atoms with Crippen LogP contribution in [0.2, 0.25) is 0 Å². The summed E-state index contributed by atoms with van der Waals surface area (Å²) in [7, 11) is 0. The van der Waals surface area contributed by atoms with Crippen LogP contribution >= 0.6 is 0 Å². The van der Waals surface area contributed by atoms with E-state index in [0.29, 0.717) is 25.4 Å². The predicted octanol–water partition coefficient (Wildman–Crippen LogP) is 2.17. The molecule has 0 aromatic heterocycles. The van der Waals surface area contributed by atoms with Gasteiger partial charge in [0, 0.05) is 32.7 Å². The van der Waals surface area contributed by atoms with Crippen LogP contribution in [-0.4, -0.2) is 74.8 Å². The van der Waals surface area contributed by atoms with Gasteiger partial charge in [-0.05, 0) is 24.3 Å². The summed E-state index contributed by atoms with van der Waals surface area (Å²) in [6.07, 6.45) is -0.756. The maximum Gasteiger partial charge on any atom is 0.161 e. The number of hydrogen-bond acceptors (Lipinski definition) is 6. The average Bonchev–Trinajstić information content (AvgIpc) is 2.75. The summed E-state index contributed by atoms with van der Waals surface area (Å²) in [5.74, 6) is 1.28. The molecule has 2 heterocycles. The van der Waals surface area contributed by atoms with Crippen LogP contribution < -0.4 is 14.4 Å². The van der Waals surface area contributed by atoms with E-state index in [-0.39, 0.29) is 18.5 Å². The van der Waals surface area contributed by atoms with E-state index in [2.05, 4.69) is 4.90 Å². The van der Waals surface area contributed by atoms with Crippen LogP contribution in [0.1, 0.15) is 0 Å². The fourth-order valence-electron chi connectivity index (χ4n) is 3.71. The number of nitrogens with zero attached hydrogens (tertiary/aromatic N) is 2. The molecule has 0 unspecified atom stereocenters. The summed E-state index contributed by atoms with van der Waals surface area (Å²) >= 11 is 0. The minimum Gasteiger partial charge on any atom is -0.486 e. The highest BCUT2D eigenvalue weighted by molar-refractivity contribution is 5.48. The van der Waals surface area contributed by atoms with Crippen molar-refractivity contribution in [1.29, 1.82) is 0 Å². The Morgan fingerprint density at radius 1 is 1.03 bits per heavy atom. The number of halogens is 1. The van der Waals surface area contributed by atoms with Gasteiger partial charge in [-0.3, -0.25) is 4.90 Å². The van der Waals surface area contributed by atoms with Crippen molar-refractivity contribution in [2.24, 2.45) is 0 Å². The first-order valence-corrected chi connectivity index (χ1v) is 10.0. The molecule has 0 saturated carbocycles. The Morgan fingerprint density at radius 2 is 1.76 bits per heavy atom. The summed E-state index contributed by atoms with van der Waals surface area (Å²) in [4.78, 5) is 4.23. The van der Waals surface area contributed by atoms with Crippen molar-refractivity contribution < 1.29 is 23.7 Å². The van der Waals surface area contributed by atoms with Crippen LogP contribution in [0.15, 0.2) is 48.5 Å². The number of β-amino-alcohol motifs (C(OH)–C–C–N with tert-alkyl or cyclic N) is 1. The number of hydrogen-bond donors (Lipinski definition) is 1. The number of anilines is 1. The molecule has 1 fully saturated rings. The molecule has 6 nitrogen and oxygen atoms in total. The second kappa shape index (κ2) is 9.43. The summed E-state index contributed by atoms with van der Waals surface area (Å²) in [5.41, 5.74) is 0.646. The van der Waals surface area contributed by atoms with Crippen molar-refractivity contribution in [2.75, 3.05) is 57.4 Å². The quantitative estimate of drug-likeness (QED) is 0.766. The van der Waals surface area contributed by atoms with Crippen molar-refractivity contribution in [2.45, 2.75) is 12.2 Å². The van der Waals surface area contributed by atoms with E-state index in [4.69, 9.17) is 14.2 Å². The lowest BCUT2D eigenvalue weighted by atomic mass is 10.2. The van der Waals surface area contributed by atoms with Crippen LogP contribution in [0, 0.1) is 5.82 Å². The van der Waals surface area contributed by atoms with E-state index in [9.17, 15) is 9.50 Å². The van der Waals surface area contributed by atoms with Crippen LogP contribution in [0.3, 0.4) is 0 Å². The lowest BCUT2D eigenvalue weighted by Gasteiger charge is -2.37. The zero-order valence-electron chi connectivity index (χ0n) is 16.4. The highest BCUT2D eigenvalue weighted by Gasteiger charge is 2.23. The molecule has 0 amide bonds. The molecular formula is C22H27FN2O4. The van der Waals surface area contributed by atoms with Gasteiger partial charge in [0.1, 0.15) is 12.4 Å². The smallest absolute Gasteiger partial charge is 0.161 e. The Balaban J connectivity index is 1.15. The molecule has 2 aromatic rings. The van der Waals surface area contributed by atoms with Crippen LogP contribution in [-0.2, 0) is 4.74 Å². The molecule has 0 radical (unpaired) electrons. The lowest BCUT2D eigenvalue weighted by Crippen LogP contribution is -2.49. The van der Waals surface area contributed by atoms with E-state index in [0.717, 1.165) is 37.7 Å². The number of aliphatic hydroxyl groups is 1. The summed E-state index contributed by atoms with van der Waals surface area (Å²) in [6, 6.07) is 14.4. The normalized spacial score (nSPS) is 20.5. The second-order valence-electron chi connectivity index (χ2n) is 7.43. The third-order valence-corrected chi connectivity index (χ3v) is 5.22. The molecule has 1 N–H and O–H groups in total. The average molecular weight is 402 g/mol. The number of aliphatic hydroxyl groups excluding tert-OH is 1. The second-order valence-corrected chi connectivity index (χ2v) is 7.43. The largest absolute Gasteiger partial charge is 0.486 e. The highest BCUT2D eigenvalue weighted by Crippen LogP contribution is 2.30. The third-order valence-electron chi connectivity index (χ3n) is 5.22. The molecule has 4 rings (SSSR count). The monoisotopic (exact) mass is 402 g/mol. The Kier molecular flexibility index (Phi) is 6.49. The van der Waals surface area contributed by atoms with E-state index in [1.165, 1.54) is 6.07 Å². The van der Waals surface area contributed by atoms with Gasteiger partial charge in [0.2, 0.25) is 0 Å². The molecule has 2 aliphatic rings. The van der Waals surface area contributed by atoms with Crippen molar-refractivity contribution in [3.63, 3.8) is 0 Å². The molecule has 0 aliphatic carbocycles. The molecule has 7 heteroatoms. The molecule has 1 saturated heterocycles. The van der Waals surface area contributed by atoms with Gasteiger partial charge in [-0.15, -0.1) is 0 Å². The Labute approximate surface area is 170 Å². The van der Waals surface area contributed by atoms with E-state index in [1.807, 2.05) is 41.3 Å². The summed E-state index contributed by atoms with van der Waals surface area (Å²) in [6.45, 7) is 4.62. The SMILES string of the molecule is O[C@@H](COC[C@H]1COc2ccccc2O1)CN1CCN(c2ccccc2F)CC1. The first-order chi connectivity index (χ1) is 14.2. The zero-order chi connectivity index (χ0) is 20.1. The van der Waals surface area contributed by atoms with Crippen molar-refractivity contribution in [1.82, 2.24) is 4.90 Å². The van der Waals surface area contributed by atoms with Gasteiger partial charge >= 0.3 is 0 Å². The third kappa shape index (κ3) is 5.18. The fraction of sp³-hybridized carbons (Fsp3) is 0.455. The van der Waals surface area contributed by atoms with Crippen LogP contribution in [0.4, 0.5) is 10.1 Å². The van der Waals surface area contributed by atoms with Gasteiger partial charge in [-0.2, -0.15) is 0 Å². The highest BCUT2D eigenvalue weighted by atomic mass is 19.1. The Bertz CT molecular complexity index is 798. The van der Waals surface area contributed by atoms with Gasteiger partial charge in [0.15, 0.2) is 17.6 Å². The fourth-order valence-corrected chi connectivity index (χ4v) is 3.71. The van der Waals surface area contributed by atoms with Crippen molar-refractivity contribution >= 4 is 5.69 Å². The van der Waals surface area contributed by atoms with Gasteiger partial charge in [0.25, 0.3) is 0 Å². The summed E-state index contributed by atoms with van der Waals surface area (Å²) < 4.78 is 31.1. The van der Waals surface area contributed by atoms with Gasteiger partial charge in [0.05, 0.1) is 25.0 Å². The van der Waals surface area contributed by atoms with E-state index < -0.39 is 6.10 Å². The maximum atomic E-state index is 13.9. The number of piperazine rings is 1. The van der Waals surface area contributed by atoms with Gasteiger partial charge in [-0.1, -0.05) is 24.3 Å². The zero-order valence-corrected chi connectivity index (χ0v) is 16.4. The molecule has 2 aliphatic heterocycles. The number of para-hydroxylation sites is 3. The van der Waals surface area contributed by atoms with Crippen molar-refractivity contribution in [3.05, 3.63) is 54.3 Å². The van der Waals surface area contributed by atoms with Crippen LogP contribution in [0.25, 0.3) is 0 Å². The standard InChI is InChI=1S/C22H27FN2O4/c23-19-5-1-2-6-20(19)25-11-9-24(10-12-25)13-17(26)14-27-15-18-16-28-21-7-3-4-8-22(21)29-18/h1-8,17-18,26H,9-16H2/t17-,18+/m1/s1. The van der Waals surface area contributed by atoms with Crippen molar-refractivity contribution in [3.8, 4) is 11.5 Å². The molecule has 29 heavy (non-hydrogen) atoms. The molecule has 156 valence electrons. The topological polar surface area (TPSA) is 54.4 Å². The predicted molar refractivity (Wildman–Crippen MR) is 108 cm³/mol. The first-order valence-electron chi connectivity index (χ1n) is 10.0. The number of ether oxygens (including phenoxy) is 3. The molecule has 2 aromatic carbocycles. The first kappa shape index (κ1) is 19.9. The van der Waals surface area contributed by atoms with E-state index in [1.54, 1.807) is 6.07 Å².